The van der Waals surface area contributed by atoms with Crippen LogP contribution in [0.3, 0.4) is 0 Å². The highest BCUT2D eigenvalue weighted by Crippen LogP contribution is 2.06. The number of rotatable bonds is 5. The fourth-order valence-electron chi connectivity index (χ4n) is 1.56. The van der Waals surface area contributed by atoms with E-state index in [9.17, 15) is 0 Å². The van der Waals surface area contributed by atoms with Crippen molar-refractivity contribution in [3.05, 3.63) is 40.6 Å². The maximum absolute atomic E-state index is 5.59. The zero-order valence-corrected chi connectivity index (χ0v) is 10.7. The number of nitrogens with zero attached hydrogens (tertiary/aromatic N) is 3. The molecule has 0 saturated heterocycles. The molecule has 2 heterocycles. The van der Waals surface area contributed by atoms with Crippen molar-refractivity contribution in [1.29, 1.82) is 0 Å². The fourth-order valence-corrected chi connectivity index (χ4v) is 2.11. The number of nitrogen functional groups attached to an aromatic ring is 1. The number of hydrogen-bond acceptors (Lipinski definition) is 5. The Morgan fingerprint density at radius 3 is 2.82 bits per heavy atom. The molecule has 17 heavy (non-hydrogen) atoms. The largest absolute Gasteiger partial charge is 0.397 e. The number of aromatic nitrogens is 2. The van der Waals surface area contributed by atoms with Gasteiger partial charge in [0, 0.05) is 30.6 Å². The van der Waals surface area contributed by atoms with Crippen molar-refractivity contribution in [1.82, 2.24) is 14.9 Å². The van der Waals surface area contributed by atoms with E-state index < -0.39 is 0 Å². The second-order valence-corrected chi connectivity index (χ2v) is 4.77. The monoisotopic (exact) mass is 248 g/mol. The summed E-state index contributed by atoms with van der Waals surface area (Å²) in [5, 5.41) is 2.08. The summed E-state index contributed by atoms with van der Waals surface area (Å²) in [6, 6.07) is 3.87. The lowest BCUT2D eigenvalue weighted by Gasteiger charge is -2.14. The molecule has 0 saturated carbocycles. The quantitative estimate of drug-likeness (QED) is 0.876. The summed E-state index contributed by atoms with van der Waals surface area (Å²) < 4.78 is 0. The van der Waals surface area contributed by atoms with Crippen LogP contribution in [-0.4, -0.2) is 28.5 Å². The molecule has 2 aromatic heterocycles. The van der Waals surface area contributed by atoms with Crippen molar-refractivity contribution in [2.24, 2.45) is 0 Å². The van der Waals surface area contributed by atoms with Gasteiger partial charge in [0.15, 0.2) is 0 Å². The minimum atomic E-state index is 0.713. The zero-order valence-electron chi connectivity index (χ0n) is 9.84. The first-order chi connectivity index (χ1) is 8.24. The minimum Gasteiger partial charge on any atom is -0.397 e. The third kappa shape index (κ3) is 3.80. The van der Waals surface area contributed by atoms with E-state index in [1.807, 2.05) is 17.6 Å². The van der Waals surface area contributed by atoms with Gasteiger partial charge < -0.3 is 10.6 Å². The molecule has 0 aliphatic carbocycles. The van der Waals surface area contributed by atoms with E-state index in [0.29, 0.717) is 5.69 Å². The van der Waals surface area contributed by atoms with Crippen LogP contribution in [0.2, 0.25) is 0 Å². The van der Waals surface area contributed by atoms with E-state index in [2.05, 4.69) is 27.3 Å². The summed E-state index contributed by atoms with van der Waals surface area (Å²) in [5.74, 6) is 0. The molecule has 0 aliphatic heterocycles. The second kappa shape index (κ2) is 5.75. The van der Waals surface area contributed by atoms with Crippen LogP contribution < -0.4 is 5.73 Å². The van der Waals surface area contributed by atoms with Crippen LogP contribution in [0, 0.1) is 0 Å². The highest BCUT2D eigenvalue weighted by molar-refractivity contribution is 7.07. The Hall–Kier alpha value is -1.46. The molecule has 90 valence electrons. The molecule has 0 unspecified atom stereocenters. The average Bonchev–Trinajstić information content (AvgIpc) is 2.81. The van der Waals surface area contributed by atoms with Gasteiger partial charge in [0.2, 0.25) is 0 Å². The number of thiazole rings is 1. The van der Waals surface area contributed by atoms with E-state index in [4.69, 9.17) is 5.73 Å². The maximum Gasteiger partial charge on any atom is 0.0795 e. The Labute approximate surface area is 105 Å². The van der Waals surface area contributed by atoms with E-state index in [1.165, 1.54) is 0 Å². The SMILES string of the molecule is CN(CCc1ccc(N)cn1)Cc1cscn1. The molecule has 0 aliphatic rings. The number of likely N-dealkylation sites (N-methyl/N-ethyl adjacent to an activating group) is 1. The van der Waals surface area contributed by atoms with Crippen molar-refractivity contribution in [3.8, 4) is 0 Å². The van der Waals surface area contributed by atoms with Crippen LogP contribution in [0.1, 0.15) is 11.4 Å². The Kier molecular flexibility index (Phi) is 4.06. The van der Waals surface area contributed by atoms with Crippen LogP contribution in [0.15, 0.2) is 29.2 Å². The lowest BCUT2D eigenvalue weighted by molar-refractivity contribution is 0.326. The lowest BCUT2D eigenvalue weighted by atomic mass is 10.2. The van der Waals surface area contributed by atoms with Crippen molar-refractivity contribution in [2.75, 3.05) is 19.3 Å². The molecule has 2 aromatic rings. The van der Waals surface area contributed by atoms with Crippen molar-refractivity contribution >= 4 is 17.0 Å². The van der Waals surface area contributed by atoms with E-state index in [0.717, 1.165) is 30.9 Å². The van der Waals surface area contributed by atoms with E-state index in [1.54, 1.807) is 17.5 Å². The topological polar surface area (TPSA) is 55.0 Å². The number of anilines is 1. The predicted molar refractivity (Wildman–Crippen MR) is 70.8 cm³/mol. The van der Waals surface area contributed by atoms with Gasteiger partial charge >= 0.3 is 0 Å². The summed E-state index contributed by atoms with van der Waals surface area (Å²) >= 11 is 1.63. The van der Waals surface area contributed by atoms with Gasteiger partial charge in [0.1, 0.15) is 0 Å². The van der Waals surface area contributed by atoms with Gasteiger partial charge in [0.05, 0.1) is 23.1 Å². The Bertz CT molecular complexity index is 438. The highest BCUT2D eigenvalue weighted by Gasteiger charge is 2.03. The Morgan fingerprint density at radius 1 is 1.29 bits per heavy atom. The molecule has 0 radical (unpaired) electrons. The summed E-state index contributed by atoms with van der Waals surface area (Å²) in [4.78, 5) is 10.8. The van der Waals surface area contributed by atoms with Crippen LogP contribution >= 0.6 is 11.3 Å². The summed E-state index contributed by atoms with van der Waals surface area (Å²) in [5.41, 5.74) is 10.4. The number of hydrogen-bond donors (Lipinski definition) is 1. The smallest absolute Gasteiger partial charge is 0.0795 e. The first-order valence-corrected chi connectivity index (χ1v) is 6.44. The van der Waals surface area contributed by atoms with Crippen LogP contribution in [0.4, 0.5) is 5.69 Å². The molecule has 0 aromatic carbocycles. The molecule has 2 rings (SSSR count). The van der Waals surface area contributed by atoms with Gasteiger partial charge in [-0.1, -0.05) is 0 Å². The summed E-state index contributed by atoms with van der Waals surface area (Å²) in [6.45, 7) is 1.85. The third-order valence-electron chi connectivity index (χ3n) is 2.51. The fraction of sp³-hybridized carbons (Fsp3) is 0.333. The maximum atomic E-state index is 5.59. The van der Waals surface area contributed by atoms with Crippen molar-refractivity contribution in [3.63, 3.8) is 0 Å². The molecule has 0 amide bonds. The number of nitrogens with two attached hydrogens (primary N) is 1. The average molecular weight is 248 g/mol. The molecular formula is C12H16N4S. The normalized spacial score (nSPS) is 10.9. The molecule has 4 nitrogen and oxygen atoms in total. The predicted octanol–water partition coefficient (Wildman–Crippen LogP) is 1.79. The summed E-state index contributed by atoms with van der Waals surface area (Å²) in [7, 11) is 2.09. The van der Waals surface area contributed by atoms with Crippen LogP contribution in [0.5, 0.6) is 0 Å². The summed E-state index contributed by atoms with van der Waals surface area (Å²) in [6.07, 6.45) is 2.64. The molecule has 0 fully saturated rings. The molecule has 0 bridgehead atoms. The number of pyridine rings is 1. The van der Waals surface area contributed by atoms with Crippen LogP contribution in [0.25, 0.3) is 0 Å². The standard InChI is InChI=1S/C12H16N4S/c1-16(7-12-8-17-9-15-12)5-4-11-3-2-10(13)6-14-11/h2-3,6,8-9H,4-5,7,13H2,1H3. The molecular weight excluding hydrogens is 232 g/mol. The first kappa shape index (κ1) is 12.0. The molecule has 0 spiro atoms. The van der Waals surface area contributed by atoms with Gasteiger partial charge in [-0.25, -0.2) is 4.98 Å². The van der Waals surface area contributed by atoms with E-state index >= 15 is 0 Å². The van der Waals surface area contributed by atoms with Gasteiger partial charge in [-0.2, -0.15) is 0 Å². The molecule has 5 heteroatoms. The van der Waals surface area contributed by atoms with Gasteiger partial charge in [-0.15, -0.1) is 11.3 Å². The highest BCUT2D eigenvalue weighted by atomic mass is 32.1. The van der Waals surface area contributed by atoms with Gasteiger partial charge in [-0.3, -0.25) is 4.98 Å². The lowest BCUT2D eigenvalue weighted by Crippen LogP contribution is -2.21. The molecule has 2 N–H and O–H groups in total. The molecule has 0 atom stereocenters. The second-order valence-electron chi connectivity index (χ2n) is 4.05. The van der Waals surface area contributed by atoms with Gasteiger partial charge in [0.25, 0.3) is 0 Å². The Balaban J connectivity index is 1.79. The van der Waals surface area contributed by atoms with Crippen molar-refractivity contribution in [2.45, 2.75) is 13.0 Å². The van der Waals surface area contributed by atoms with Crippen molar-refractivity contribution < 1.29 is 0 Å². The van der Waals surface area contributed by atoms with Crippen LogP contribution in [-0.2, 0) is 13.0 Å². The third-order valence-corrected chi connectivity index (χ3v) is 3.15. The zero-order chi connectivity index (χ0) is 12.1. The van der Waals surface area contributed by atoms with E-state index in [-0.39, 0.29) is 0 Å². The first-order valence-electron chi connectivity index (χ1n) is 5.50. The minimum absolute atomic E-state index is 0.713. The van der Waals surface area contributed by atoms with Gasteiger partial charge in [-0.05, 0) is 19.2 Å². The Morgan fingerprint density at radius 2 is 2.18 bits per heavy atom.